The van der Waals surface area contributed by atoms with Crippen LogP contribution in [0.4, 0.5) is 5.69 Å². The van der Waals surface area contributed by atoms with Gasteiger partial charge >= 0.3 is 0 Å². The van der Waals surface area contributed by atoms with E-state index < -0.39 is 36.8 Å². The highest BCUT2D eigenvalue weighted by molar-refractivity contribution is 5.41. The maximum Gasteiger partial charge on any atom is 0.222 e. The summed E-state index contributed by atoms with van der Waals surface area (Å²) in [5.74, 6) is -2.42. The smallest absolute Gasteiger partial charge is 0.222 e. The van der Waals surface area contributed by atoms with Gasteiger partial charge in [-0.3, -0.25) is 0 Å². The predicted molar refractivity (Wildman–Crippen MR) is 64.7 cm³/mol. The Morgan fingerprint density at radius 1 is 1.26 bits per heavy atom. The van der Waals surface area contributed by atoms with Crippen molar-refractivity contribution >= 4 is 5.69 Å². The van der Waals surface area contributed by atoms with Crippen molar-refractivity contribution in [3.63, 3.8) is 0 Å². The molecule has 1 unspecified atom stereocenters. The minimum absolute atomic E-state index is 0.122. The highest BCUT2D eigenvalue weighted by Gasteiger charge is 2.53. The molecule has 0 bridgehead atoms. The quantitative estimate of drug-likeness (QED) is 0.339. The summed E-state index contributed by atoms with van der Waals surface area (Å²) >= 11 is 0. The summed E-state index contributed by atoms with van der Waals surface area (Å²) in [4.78, 5) is 0. The molecule has 0 amide bonds. The van der Waals surface area contributed by atoms with Crippen LogP contribution in [0.15, 0.2) is 24.2 Å². The average Bonchev–Trinajstić information content (AvgIpc) is 2.40. The van der Waals surface area contributed by atoms with Crippen molar-refractivity contribution in [2.24, 2.45) is 0 Å². The zero-order valence-electron chi connectivity index (χ0n) is 11.0. The Kier molecular flexibility index (Phi) is 3.40. The van der Waals surface area contributed by atoms with Crippen molar-refractivity contribution in [3.8, 4) is 0 Å². The number of anilines is 1. The fourth-order valence-electron chi connectivity index (χ4n) is 2.04. The Hall–Kier alpha value is -1.22. The van der Waals surface area contributed by atoms with Gasteiger partial charge in [-0.1, -0.05) is 12.1 Å². The molecule has 7 nitrogen and oxygen atoms in total. The van der Waals surface area contributed by atoms with Gasteiger partial charge in [0, 0.05) is 11.3 Å². The lowest BCUT2D eigenvalue weighted by molar-refractivity contribution is -0.357. The second-order valence-electron chi connectivity index (χ2n) is 4.50. The van der Waals surface area contributed by atoms with Crippen LogP contribution in [0.1, 0.15) is 6.93 Å². The van der Waals surface area contributed by atoms with Crippen LogP contribution in [0, 0.1) is 0 Å². The minimum Gasteiger partial charge on any atom is -0.399 e. The van der Waals surface area contributed by atoms with E-state index in [2.05, 4.69) is 0 Å². The third-order valence-electron chi connectivity index (χ3n) is 3.19. The summed E-state index contributed by atoms with van der Waals surface area (Å²) in [6.45, 7) is -0.671. The normalized spacial score (nSPS) is 39.9. The van der Waals surface area contributed by atoms with E-state index >= 15 is 0 Å². The lowest BCUT2D eigenvalue weighted by atomic mass is 9.88. The number of ether oxygens (including phenoxy) is 1. The maximum absolute atomic E-state index is 10.5. The van der Waals surface area contributed by atoms with Gasteiger partial charge in [0.1, 0.15) is 24.4 Å². The number of rotatable bonds is 2. The first kappa shape index (κ1) is 12.8. The molecule has 1 aliphatic rings. The molecule has 7 N–H and O–H groups in total. The fraction of sp³-hybridized carbons (Fsp3) is 0.500. The van der Waals surface area contributed by atoms with E-state index in [0.29, 0.717) is 0 Å². The van der Waals surface area contributed by atoms with E-state index in [1.54, 1.807) is 0 Å². The lowest BCUT2D eigenvalue weighted by Gasteiger charge is -2.45. The second kappa shape index (κ2) is 5.04. The van der Waals surface area contributed by atoms with Gasteiger partial charge in [-0.15, -0.1) is 0 Å². The van der Waals surface area contributed by atoms with Gasteiger partial charge in [-0.2, -0.15) is 0 Å². The van der Waals surface area contributed by atoms with Crippen molar-refractivity contribution in [1.29, 1.82) is 0 Å². The first-order chi connectivity index (χ1) is 9.31. The summed E-state index contributed by atoms with van der Waals surface area (Å²) < 4.78 is 12.9. The van der Waals surface area contributed by atoms with E-state index in [4.69, 9.17) is 16.9 Å². The van der Waals surface area contributed by atoms with Crippen molar-refractivity contribution < 1.29 is 31.6 Å². The van der Waals surface area contributed by atoms with Crippen LogP contribution < -0.4 is 5.73 Å². The Labute approximate surface area is 110 Å². The number of hydrogen-bond donors (Lipinski definition) is 6. The van der Waals surface area contributed by atoms with E-state index in [9.17, 15) is 20.4 Å². The number of benzene rings is 1. The Balaban J connectivity index is 2.46. The van der Waals surface area contributed by atoms with Gasteiger partial charge in [-0.05, 0) is 12.1 Å². The Morgan fingerprint density at radius 3 is 2.53 bits per heavy atom. The highest BCUT2D eigenvalue weighted by atomic mass is 16.7. The largest absolute Gasteiger partial charge is 0.399 e. The number of aliphatic hydroxyl groups is 5. The molecule has 106 valence electrons. The average molecular weight is 272 g/mol. The summed E-state index contributed by atoms with van der Waals surface area (Å²) in [6.07, 6.45) is -6.47. The molecule has 1 saturated heterocycles. The SMILES string of the molecule is [2H]c1cc(N)ccc1C1(O)O[C@H](CO)[C@@H](O)[C@H](O)[C@@H]1O. The fourth-order valence-corrected chi connectivity index (χ4v) is 2.04. The topological polar surface area (TPSA) is 136 Å². The van der Waals surface area contributed by atoms with Crippen LogP contribution in [-0.4, -0.2) is 56.6 Å². The number of hydrogen-bond acceptors (Lipinski definition) is 7. The summed E-state index contributed by atoms with van der Waals surface area (Å²) in [5, 5.41) is 48.9. The molecule has 0 spiro atoms. The Morgan fingerprint density at radius 2 is 1.95 bits per heavy atom. The Bertz CT molecular complexity index is 499. The second-order valence-corrected chi connectivity index (χ2v) is 4.50. The molecule has 5 atom stereocenters. The number of aliphatic hydroxyl groups excluding tert-OH is 4. The molecule has 1 aliphatic heterocycles. The van der Waals surface area contributed by atoms with Gasteiger partial charge < -0.3 is 36.0 Å². The van der Waals surface area contributed by atoms with Gasteiger partial charge in [0.2, 0.25) is 5.79 Å². The van der Waals surface area contributed by atoms with Crippen LogP contribution in [0.2, 0.25) is 0 Å². The van der Waals surface area contributed by atoms with Crippen molar-refractivity contribution in [2.75, 3.05) is 12.3 Å². The molecule has 1 aromatic rings. The van der Waals surface area contributed by atoms with Crippen LogP contribution in [0.25, 0.3) is 0 Å². The van der Waals surface area contributed by atoms with Crippen LogP contribution in [0.5, 0.6) is 0 Å². The third kappa shape index (κ3) is 2.32. The maximum atomic E-state index is 10.5. The zero-order valence-corrected chi connectivity index (χ0v) is 9.97. The predicted octanol–water partition coefficient (Wildman–Crippen LogP) is -2.11. The molecule has 1 heterocycles. The zero-order chi connectivity index (χ0) is 15.1. The summed E-state index contributed by atoms with van der Waals surface area (Å²) in [6, 6.07) is 3.72. The van der Waals surface area contributed by atoms with Gasteiger partial charge in [0.15, 0.2) is 0 Å². The van der Waals surface area contributed by atoms with Crippen LogP contribution >= 0.6 is 0 Å². The molecule has 0 radical (unpaired) electrons. The summed E-state index contributed by atoms with van der Waals surface area (Å²) in [5.41, 5.74) is 5.67. The molecule has 2 rings (SSSR count). The van der Waals surface area contributed by atoms with Crippen molar-refractivity contribution in [1.82, 2.24) is 0 Å². The molecule has 1 aromatic carbocycles. The van der Waals surface area contributed by atoms with Gasteiger partial charge in [0.25, 0.3) is 0 Å². The highest BCUT2D eigenvalue weighted by Crippen LogP contribution is 2.36. The molecule has 0 saturated carbocycles. The molecule has 0 aliphatic carbocycles. The molecule has 1 fully saturated rings. The van der Waals surface area contributed by atoms with E-state index in [0.717, 1.165) is 0 Å². The van der Waals surface area contributed by atoms with Crippen LogP contribution in [-0.2, 0) is 10.5 Å². The van der Waals surface area contributed by atoms with Gasteiger partial charge in [0.05, 0.1) is 7.98 Å². The van der Waals surface area contributed by atoms with Crippen molar-refractivity contribution in [3.05, 3.63) is 29.8 Å². The van der Waals surface area contributed by atoms with E-state index in [1.165, 1.54) is 18.2 Å². The monoisotopic (exact) mass is 272 g/mol. The standard InChI is InChI=1S/C12H17NO6/c13-7-3-1-6(2-4-7)12(18)11(17)10(16)9(15)8(5-14)19-12/h1-4,8-11,14-18H,5,13H2/t8-,9-,10+,11+,12?/m1/s1/i1D. The van der Waals surface area contributed by atoms with E-state index in [-0.39, 0.29) is 17.3 Å². The van der Waals surface area contributed by atoms with Gasteiger partial charge in [-0.25, -0.2) is 0 Å². The van der Waals surface area contributed by atoms with Crippen LogP contribution in [0.3, 0.4) is 0 Å². The molecule has 0 aromatic heterocycles. The summed E-state index contributed by atoms with van der Waals surface area (Å²) in [7, 11) is 0. The molecule has 7 heteroatoms. The first-order valence-corrected chi connectivity index (χ1v) is 5.73. The first-order valence-electron chi connectivity index (χ1n) is 6.23. The number of nitrogen functional groups attached to an aromatic ring is 1. The number of nitrogens with two attached hydrogens (primary N) is 1. The molecular weight excluding hydrogens is 254 g/mol. The molecular formula is C12H17NO6. The molecule has 19 heavy (non-hydrogen) atoms. The lowest BCUT2D eigenvalue weighted by Crippen LogP contribution is -2.63. The third-order valence-corrected chi connectivity index (χ3v) is 3.19. The van der Waals surface area contributed by atoms with E-state index in [1.807, 2.05) is 0 Å². The minimum atomic E-state index is -2.42. The van der Waals surface area contributed by atoms with Crippen molar-refractivity contribution in [2.45, 2.75) is 30.2 Å².